The monoisotopic (exact) mass is 584 g/mol. The van der Waals surface area contributed by atoms with E-state index in [9.17, 15) is 38.5 Å². The summed E-state index contributed by atoms with van der Waals surface area (Å²) in [6.45, 7) is 6.72. The van der Waals surface area contributed by atoms with E-state index >= 15 is 0 Å². The van der Waals surface area contributed by atoms with Crippen LogP contribution >= 0.6 is 0 Å². The van der Waals surface area contributed by atoms with E-state index in [1.807, 2.05) is 0 Å². The Labute approximate surface area is 236 Å². The van der Waals surface area contributed by atoms with Crippen molar-refractivity contribution in [3.63, 3.8) is 0 Å². The number of rotatable bonds is 16. The summed E-state index contributed by atoms with van der Waals surface area (Å²) in [7, 11) is -3.60. The van der Waals surface area contributed by atoms with Gasteiger partial charge in [0.2, 0.25) is 0 Å². The Kier molecular flexibility index (Phi) is 12.5. The average molecular weight is 585 g/mol. The summed E-state index contributed by atoms with van der Waals surface area (Å²) in [5.74, 6) is -1.86. The minimum Gasteiger partial charge on any atom is -0.646 e. The standard InChI is InChI=1S/C29H44O8S2/c1-28(2,26(32)33)14-7-5-10-22-16-20(30)18-24(38(22)36)12-9-13-25-19-21(31)17-23(39(25)37)11-6-8-15-29(3,4)27(34)35/h16,19,38-39H,5-15,17-18H2,1-4H3,(H2-2,32,33,34,35,36,37). The van der Waals surface area contributed by atoms with Gasteiger partial charge in [0.25, 0.3) is 0 Å². The van der Waals surface area contributed by atoms with E-state index in [1.165, 1.54) is 12.2 Å². The zero-order chi connectivity index (χ0) is 29.4. The van der Waals surface area contributed by atoms with E-state index in [1.54, 1.807) is 27.7 Å². The van der Waals surface area contributed by atoms with Crippen molar-refractivity contribution >= 4 is 54.8 Å². The minimum absolute atomic E-state index is 0.0802. The van der Waals surface area contributed by atoms with E-state index in [2.05, 4.69) is 0 Å². The van der Waals surface area contributed by atoms with Crippen molar-refractivity contribution < 1.29 is 38.5 Å². The minimum atomic E-state index is -1.80. The van der Waals surface area contributed by atoms with E-state index in [0.717, 1.165) is 0 Å². The van der Waals surface area contributed by atoms with Gasteiger partial charge in [-0.25, -0.2) is 0 Å². The van der Waals surface area contributed by atoms with Crippen molar-refractivity contribution in [3.8, 4) is 0 Å². The highest BCUT2D eigenvalue weighted by Crippen LogP contribution is 2.28. The Morgan fingerprint density at radius 1 is 0.692 bits per heavy atom. The maximum absolute atomic E-state index is 13.1. The molecule has 0 amide bonds. The molecule has 0 aromatic heterocycles. The average Bonchev–Trinajstić information content (AvgIpc) is 2.84. The molecule has 2 atom stereocenters. The number of unbranched alkanes of at least 4 members (excludes halogenated alkanes) is 2. The van der Waals surface area contributed by atoms with Gasteiger partial charge in [-0.05, 0) is 59.8 Å². The first-order chi connectivity index (χ1) is 18.1. The van der Waals surface area contributed by atoms with Gasteiger partial charge in [0.1, 0.15) is 0 Å². The number of hydrogen-bond donors (Lipinski definition) is 2. The van der Waals surface area contributed by atoms with Crippen LogP contribution in [0, 0.1) is 10.8 Å². The molecule has 39 heavy (non-hydrogen) atoms. The summed E-state index contributed by atoms with van der Waals surface area (Å²) in [5.41, 5.74) is -1.63. The van der Waals surface area contributed by atoms with Crippen molar-refractivity contribution in [2.75, 3.05) is 0 Å². The molecule has 0 aromatic rings. The number of carboxylic acid groups (broad SMARTS) is 2. The highest BCUT2D eigenvalue weighted by molar-refractivity contribution is 7.95. The molecular formula is C29H44O8S2. The van der Waals surface area contributed by atoms with Gasteiger partial charge in [0.05, 0.1) is 43.2 Å². The molecular weight excluding hydrogens is 540 g/mol. The third-order valence-electron chi connectivity index (χ3n) is 7.57. The third kappa shape index (κ3) is 10.2. The summed E-state index contributed by atoms with van der Waals surface area (Å²) in [5, 5.41) is 18.5. The van der Waals surface area contributed by atoms with Crippen molar-refractivity contribution in [1.82, 2.24) is 0 Å². The van der Waals surface area contributed by atoms with E-state index in [-0.39, 0.29) is 24.4 Å². The largest absolute Gasteiger partial charge is 0.646 e. The normalized spacial score (nSPS) is 20.7. The van der Waals surface area contributed by atoms with Crippen LogP contribution in [0.25, 0.3) is 0 Å². The number of carboxylic acids is 2. The molecule has 220 valence electrons. The number of hydrogen-bond acceptors (Lipinski definition) is 6. The van der Waals surface area contributed by atoms with Gasteiger partial charge in [-0.1, -0.05) is 12.8 Å². The number of aliphatic carboxylic acids is 2. The lowest BCUT2D eigenvalue weighted by atomic mass is 9.87. The van der Waals surface area contributed by atoms with Gasteiger partial charge in [0.15, 0.2) is 11.6 Å². The molecule has 0 fully saturated rings. The second-order valence-corrected chi connectivity index (χ2v) is 15.5. The summed E-state index contributed by atoms with van der Waals surface area (Å²) in [6.07, 6.45) is 9.39. The van der Waals surface area contributed by atoms with Crippen molar-refractivity contribution in [3.05, 3.63) is 22.0 Å². The highest BCUT2D eigenvalue weighted by atomic mass is 32.2. The van der Waals surface area contributed by atoms with Crippen molar-refractivity contribution in [2.24, 2.45) is 10.8 Å². The molecule has 2 aliphatic rings. The van der Waals surface area contributed by atoms with Crippen LogP contribution in [-0.2, 0) is 40.7 Å². The topological polar surface area (TPSA) is 155 Å². The maximum Gasteiger partial charge on any atom is 0.309 e. The molecule has 0 aliphatic carbocycles. The molecule has 10 heteroatoms. The molecule has 2 rings (SSSR count). The van der Waals surface area contributed by atoms with Crippen LogP contribution in [0.3, 0.4) is 0 Å². The zero-order valence-corrected chi connectivity index (χ0v) is 25.4. The molecule has 2 aliphatic heterocycles. The second-order valence-electron chi connectivity index (χ2n) is 11.9. The SMILES string of the molecule is CC(C)(CCCCC1=CC(=O)CC(CCCC2=CC(=O)CC(CCCCC(C)(C)C(=O)O)=[SH+]2[O-])=[SH+]1[O-])C(=O)O. The number of carbonyl (C=O) groups is 4. The van der Waals surface area contributed by atoms with Crippen LogP contribution in [0.2, 0.25) is 0 Å². The van der Waals surface area contributed by atoms with E-state index < -0.39 is 44.3 Å². The van der Waals surface area contributed by atoms with E-state index in [0.29, 0.717) is 90.2 Å². The van der Waals surface area contributed by atoms with Gasteiger partial charge in [-0.15, -0.1) is 0 Å². The van der Waals surface area contributed by atoms with Crippen molar-refractivity contribution in [2.45, 2.75) is 111 Å². The van der Waals surface area contributed by atoms with Gasteiger partial charge >= 0.3 is 11.9 Å². The fourth-order valence-electron chi connectivity index (χ4n) is 4.73. The Morgan fingerprint density at radius 3 is 1.46 bits per heavy atom. The quantitative estimate of drug-likeness (QED) is 0.116. The molecule has 2 heterocycles. The zero-order valence-electron chi connectivity index (χ0n) is 23.6. The lowest BCUT2D eigenvalue weighted by Crippen LogP contribution is -2.24. The van der Waals surface area contributed by atoms with Gasteiger partial charge in [0, 0.05) is 37.8 Å². The first kappa shape index (κ1) is 33.3. The fraction of sp³-hybridized carbons (Fsp3) is 0.655. The molecule has 0 saturated heterocycles. The Morgan fingerprint density at radius 2 is 1.05 bits per heavy atom. The maximum atomic E-state index is 13.1. The smallest absolute Gasteiger partial charge is 0.309 e. The van der Waals surface area contributed by atoms with Crippen LogP contribution < -0.4 is 0 Å². The second kappa shape index (κ2) is 14.7. The van der Waals surface area contributed by atoms with E-state index in [4.69, 9.17) is 0 Å². The first-order valence-corrected chi connectivity index (χ1v) is 16.2. The fourth-order valence-corrected chi connectivity index (χ4v) is 8.11. The van der Waals surface area contributed by atoms with Crippen LogP contribution in [-0.4, -0.2) is 52.6 Å². The molecule has 2 unspecified atom stereocenters. The number of ketones is 2. The van der Waals surface area contributed by atoms with Crippen LogP contribution in [0.15, 0.2) is 22.0 Å². The third-order valence-corrected chi connectivity index (χ3v) is 11.2. The molecule has 8 nitrogen and oxygen atoms in total. The predicted octanol–water partition coefficient (Wildman–Crippen LogP) is 4.52. The Hall–Kier alpha value is -1.88. The van der Waals surface area contributed by atoms with Gasteiger partial charge < -0.3 is 19.3 Å². The van der Waals surface area contributed by atoms with Crippen LogP contribution in [0.4, 0.5) is 0 Å². The molecule has 0 radical (unpaired) electrons. The van der Waals surface area contributed by atoms with Crippen molar-refractivity contribution in [1.29, 1.82) is 0 Å². The number of carbonyl (C=O) groups excluding carboxylic acids is 2. The van der Waals surface area contributed by atoms with Gasteiger partial charge in [-0.3, -0.25) is 19.2 Å². The summed E-state index contributed by atoms with van der Waals surface area (Å²) < 4.78 is 26.2. The lowest BCUT2D eigenvalue weighted by molar-refractivity contribution is -0.148. The highest BCUT2D eigenvalue weighted by Gasteiger charge is 2.28. The van der Waals surface area contributed by atoms with Gasteiger partial charge in [-0.2, -0.15) is 21.5 Å². The molecule has 0 bridgehead atoms. The Balaban J connectivity index is 1.91. The predicted molar refractivity (Wildman–Crippen MR) is 158 cm³/mol. The van der Waals surface area contributed by atoms with Crippen LogP contribution in [0.5, 0.6) is 0 Å². The number of thiol groups is 2. The molecule has 2 N–H and O–H groups in total. The van der Waals surface area contributed by atoms with Crippen LogP contribution in [0.1, 0.15) is 111 Å². The summed E-state index contributed by atoms with van der Waals surface area (Å²) in [6, 6.07) is 0. The molecule has 0 saturated carbocycles. The number of allylic oxidation sites excluding steroid dienone is 4. The summed E-state index contributed by atoms with van der Waals surface area (Å²) >= 11 is 0. The molecule has 0 spiro atoms. The lowest BCUT2D eigenvalue weighted by Gasteiger charge is -2.22. The molecule has 0 aromatic carbocycles. The summed E-state index contributed by atoms with van der Waals surface area (Å²) in [4.78, 5) is 49.7. The first-order valence-electron chi connectivity index (χ1n) is 13.7. The Bertz CT molecular complexity index is 1070.